The number of anilines is 1. The van der Waals surface area contributed by atoms with E-state index in [4.69, 9.17) is 0 Å². The van der Waals surface area contributed by atoms with Gasteiger partial charge in [0.25, 0.3) is 0 Å². The molecule has 0 bridgehead atoms. The number of amides is 2. The molecule has 3 heterocycles. The van der Waals surface area contributed by atoms with E-state index < -0.39 is 0 Å². The number of hydrogen-bond acceptors (Lipinski definition) is 6. The van der Waals surface area contributed by atoms with Gasteiger partial charge >= 0.3 is 0 Å². The van der Waals surface area contributed by atoms with E-state index in [-0.39, 0.29) is 24.3 Å². The largest absolute Gasteiger partial charge is 0.352 e. The highest BCUT2D eigenvalue weighted by Gasteiger charge is 2.26. The van der Waals surface area contributed by atoms with Gasteiger partial charge in [0.15, 0.2) is 0 Å². The number of nitrogens with one attached hydrogen (secondary N) is 1. The summed E-state index contributed by atoms with van der Waals surface area (Å²) in [6, 6.07) is 9.68. The molecule has 30 heavy (non-hydrogen) atoms. The van der Waals surface area contributed by atoms with Crippen molar-refractivity contribution in [2.24, 2.45) is 0 Å². The number of piperazine rings is 1. The van der Waals surface area contributed by atoms with Crippen molar-refractivity contribution in [2.75, 3.05) is 31.1 Å². The molecule has 1 unspecified atom stereocenters. The van der Waals surface area contributed by atoms with Crippen LogP contribution in [0.4, 0.5) is 5.82 Å². The first-order valence-corrected chi connectivity index (χ1v) is 10.9. The lowest BCUT2D eigenvalue weighted by molar-refractivity contribution is -0.132. The maximum atomic E-state index is 13.0. The molecule has 0 radical (unpaired) electrons. The standard InChI is InChI=1S/C22H25N5O2S/c1-15-3-5-17(6-4-15)19(25-16(2)28)13-20(29)26-8-10-27(11-9-26)21-18-7-12-30-22(18)24-14-23-21/h3-7,12,14,19H,8-11,13H2,1-2H3,(H,25,28). The van der Waals surface area contributed by atoms with E-state index in [0.717, 1.165) is 40.3 Å². The van der Waals surface area contributed by atoms with Crippen LogP contribution >= 0.6 is 11.3 Å². The lowest BCUT2D eigenvalue weighted by atomic mass is 10.0. The van der Waals surface area contributed by atoms with Crippen LogP contribution in [0.1, 0.15) is 30.5 Å². The number of carbonyl (C=O) groups is 2. The average Bonchev–Trinajstić information content (AvgIpc) is 3.22. The number of rotatable bonds is 5. The zero-order valence-corrected chi connectivity index (χ0v) is 18.0. The monoisotopic (exact) mass is 423 g/mol. The zero-order valence-electron chi connectivity index (χ0n) is 17.2. The van der Waals surface area contributed by atoms with Crippen LogP contribution in [0.25, 0.3) is 10.2 Å². The number of aromatic nitrogens is 2. The average molecular weight is 424 g/mol. The summed E-state index contributed by atoms with van der Waals surface area (Å²) < 4.78 is 0. The molecule has 156 valence electrons. The van der Waals surface area contributed by atoms with Crippen molar-refractivity contribution in [1.82, 2.24) is 20.2 Å². The number of benzene rings is 1. The zero-order chi connectivity index (χ0) is 21.1. The minimum atomic E-state index is -0.319. The van der Waals surface area contributed by atoms with E-state index in [1.165, 1.54) is 6.92 Å². The molecule has 1 N–H and O–H groups in total. The smallest absolute Gasteiger partial charge is 0.225 e. The summed E-state index contributed by atoms with van der Waals surface area (Å²) in [5, 5.41) is 6.01. The van der Waals surface area contributed by atoms with Crippen molar-refractivity contribution in [3.63, 3.8) is 0 Å². The lowest BCUT2D eigenvalue weighted by Gasteiger charge is -2.36. The van der Waals surface area contributed by atoms with Crippen molar-refractivity contribution in [3.8, 4) is 0 Å². The van der Waals surface area contributed by atoms with E-state index in [0.29, 0.717) is 13.1 Å². The molecular formula is C22H25N5O2S. The third-order valence-electron chi connectivity index (χ3n) is 5.41. The molecule has 1 saturated heterocycles. The second kappa shape index (κ2) is 8.79. The predicted molar refractivity (Wildman–Crippen MR) is 119 cm³/mol. The van der Waals surface area contributed by atoms with Gasteiger partial charge in [0.1, 0.15) is 17.0 Å². The first kappa shape index (κ1) is 20.3. The van der Waals surface area contributed by atoms with Crippen molar-refractivity contribution in [3.05, 3.63) is 53.2 Å². The third kappa shape index (κ3) is 4.43. The Bertz CT molecular complexity index is 1040. The first-order valence-electron chi connectivity index (χ1n) is 10.1. The molecular weight excluding hydrogens is 398 g/mol. The fourth-order valence-corrected chi connectivity index (χ4v) is 4.52. The molecule has 0 aliphatic carbocycles. The van der Waals surface area contributed by atoms with Gasteiger partial charge in [0, 0.05) is 33.1 Å². The van der Waals surface area contributed by atoms with E-state index in [9.17, 15) is 9.59 Å². The van der Waals surface area contributed by atoms with E-state index in [2.05, 4.69) is 20.2 Å². The Morgan fingerprint density at radius 1 is 1.10 bits per heavy atom. The quantitative estimate of drug-likeness (QED) is 0.683. The second-order valence-electron chi connectivity index (χ2n) is 7.57. The summed E-state index contributed by atoms with van der Waals surface area (Å²) in [4.78, 5) is 38.5. The Morgan fingerprint density at radius 2 is 1.83 bits per heavy atom. The number of thiophene rings is 1. The minimum absolute atomic E-state index is 0.0531. The second-order valence-corrected chi connectivity index (χ2v) is 8.47. The summed E-state index contributed by atoms with van der Waals surface area (Å²) >= 11 is 1.60. The Labute approximate surface area is 179 Å². The van der Waals surface area contributed by atoms with Gasteiger partial charge < -0.3 is 15.1 Å². The highest BCUT2D eigenvalue weighted by molar-refractivity contribution is 7.16. The van der Waals surface area contributed by atoms with E-state index in [1.807, 2.05) is 47.5 Å². The summed E-state index contributed by atoms with van der Waals surface area (Å²) in [5.41, 5.74) is 2.09. The molecule has 0 spiro atoms. The molecule has 2 amide bonds. The van der Waals surface area contributed by atoms with Gasteiger partial charge in [-0.15, -0.1) is 11.3 Å². The normalized spacial score (nSPS) is 15.3. The SMILES string of the molecule is CC(=O)NC(CC(=O)N1CCN(c2ncnc3sccc23)CC1)c1ccc(C)cc1. The molecule has 7 nitrogen and oxygen atoms in total. The highest BCUT2D eigenvalue weighted by Crippen LogP contribution is 2.27. The summed E-state index contributed by atoms with van der Waals surface area (Å²) in [5.74, 6) is 0.850. The molecule has 4 rings (SSSR count). The highest BCUT2D eigenvalue weighted by atomic mass is 32.1. The molecule has 8 heteroatoms. The Kier molecular flexibility index (Phi) is 5.94. The Balaban J connectivity index is 1.41. The molecule has 2 aromatic heterocycles. The van der Waals surface area contributed by atoms with Crippen LogP contribution < -0.4 is 10.2 Å². The Hall–Kier alpha value is -3.00. The Morgan fingerprint density at radius 3 is 2.53 bits per heavy atom. The van der Waals surface area contributed by atoms with Crippen LogP contribution in [0.15, 0.2) is 42.0 Å². The van der Waals surface area contributed by atoms with Crippen LogP contribution in [-0.4, -0.2) is 52.9 Å². The van der Waals surface area contributed by atoms with Crippen LogP contribution in [0.3, 0.4) is 0 Å². The molecule has 1 aliphatic heterocycles. The number of fused-ring (bicyclic) bond motifs is 1. The van der Waals surface area contributed by atoms with Crippen LogP contribution in [0.2, 0.25) is 0 Å². The summed E-state index contributed by atoms with van der Waals surface area (Å²) in [6.07, 6.45) is 1.86. The van der Waals surface area contributed by atoms with Crippen molar-refractivity contribution in [2.45, 2.75) is 26.3 Å². The van der Waals surface area contributed by atoms with Gasteiger partial charge in [-0.05, 0) is 23.9 Å². The third-order valence-corrected chi connectivity index (χ3v) is 6.23. The molecule has 1 fully saturated rings. The van der Waals surface area contributed by atoms with Crippen LogP contribution in [-0.2, 0) is 9.59 Å². The van der Waals surface area contributed by atoms with Gasteiger partial charge in [-0.2, -0.15) is 0 Å². The van der Waals surface area contributed by atoms with Crippen LogP contribution in [0, 0.1) is 6.92 Å². The predicted octanol–water partition coefficient (Wildman–Crippen LogP) is 2.92. The molecule has 1 atom stereocenters. The van der Waals surface area contributed by atoms with Gasteiger partial charge in [-0.1, -0.05) is 29.8 Å². The van der Waals surface area contributed by atoms with Gasteiger partial charge in [0.2, 0.25) is 11.8 Å². The van der Waals surface area contributed by atoms with Gasteiger partial charge in [-0.25, -0.2) is 9.97 Å². The van der Waals surface area contributed by atoms with Crippen molar-refractivity contribution >= 4 is 39.2 Å². The first-order chi connectivity index (χ1) is 14.5. The van der Waals surface area contributed by atoms with Gasteiger partial charge in [0.05, 0.1) is 17.8 Å². The lowest BCUT2D eigenvalue weighted by Crippen LogP contribution is -2.49. The van der Waals surface area contributed by atoms with E-state index in [1.54, 1.807) is 17.7 Å². The van der Waals surface area contributed by atoms with Crippen LogP contribution in [0.5, 0.6) is 0 Å². The number of hydrogen-bond donors (Lipinski definition) is 1. The minimum Gasteiger partial charge on any atom is -0.352 e. The molecule has 3 aromatic rings. The number of nitrogens with zero attached hydrogens (tertiary/aromatic N) is 4. The molecule has 0 saturated carbocycles. The van der Waals surface area contributed by atoms with Gasteiger partial charge in [-0.3, -0.25) is 9.59 Å². The molecule has 1 aromatic carbocycles. The molecule has 1 aliphatic rings. The van der Waals surface area contributed by atoms with Crippen molar-refractivity contribution < 1.29 is 9.59 Å². The maximum absolute atomic E-state index is 13.0. The number of carbonyl (C=O) groups excluding carboxylic acids is 2. The maximum Gasteiger partial charge on any atom is 0.225 e. The topological polar surface area (TPSA) is 78.4 Å². The van der Waals surface area contributed by atoms with E-state index >= 15 is 0 Å². The summed E-state index contributed by atoms with van der Waals surface area (Å²) in [7, 11) is 0. The fraction of sp³-hybridized carbons (Fsp3) is 0.364. The summed E-state index contributed by atoms with van der Waals surface area (Å²) in [6.45, 7) is 6.22. The van der Waals surface area contributed by atoms with Crippen molar-refractivity contribution in [1.29, 1.82) is 0 Å². The fourth-order valence-electron chi connectivity index (χ4n) is 3.80. The number of aryl methyl sites for hydroxylation is 1.